The van der Waals surface area contributed by atoms with Crippen molar-refractivity contribution in [3.63, 3.8) is 0 Å². The fourth-order valence-corrected chi connectivity index (χ4v) is 2.72. The molecule has 9 nitrogen and oxygen atoms in total. The Morgan fingerprint density at radius 2 is 1.67 bits per heavy atom. The fourth-order valence-electron chi connectivity index (χ4n) is 2.72. The second-order valence-electron chi connectivity index (χ2n) is 5.51. The first-order chi connectivity index (χ1) is 11.4. The van der Waals surface area contributed by atoms with Gasteiger partial charge in [-0.3, -0.25) is 14.4 Å². The average molecular weight is 331 g/mol. The number of pyridine rings is 1. The van der Waals surface area contributed by atoms with E-state index in [1.165, 1.54) is 18.2 Å². The summed E-state index contributed by atoms with van der Waals surface area (Å²) >= 11 is 0. The lowest BCUT2D eigenvalue weighted by atomic mass is 9.95. The van der Waals surface area contributed by atoms with Gasteiger partial charge in [0.2, 0.25) is 5.75 Å². The molecule has 122 valence electrons. The molecule has 2 aliphatic heterocycles. The summed E-state index contributed by atoms with van der Waals surface area (Å²) in [5.74, 6) is -4.13. The highest BCUT2D eigenvalue weighted by atomic mass is 16.6. The van der Waals surface area contributed by atoms with Crippen LogP contribution in [-0.2, 0) is 14.4 Å². The molecule has 9 heteroatoms. The van der Waals surface area contributed by atoms with Crippen molar-refractivity contribution in [2.45, 2.75) is 18.4 Å². The molecule has 1 aromatic heterocycles. The van der Waals surface area contributed by atoms with E-state index < -0.39 is 47.7 Å². The Morgan fingerprint density at radius 1 is 0.958 bits per heavy atom. The predicted octanol–water partition coefficient (Wildman–Crippen LogP) is -0.217. The zero-order valence-corrected chi connectivity index (χ0v) is 12.0. The maximum absolute atomic E-state index is 12.3. The van der Waals surface area contributed by atoms with Gasteiger partial charge in [-0.1, -0.05) is 6.07 Å². The van der Waals surface area contributed by atoms with Gasteiger partial charge in [-0.15, -0.1) is 0 Å². The number of H-pyrrole nitrogens is 1. The first-order valence-corrected chi connectivity index (χ1v) is 6.92. The van der Waals surface area contributed by atoms with Gasteiger partial charge in [0, 0.05) is 0 Å². The molecule has 0 fully saturated rings. The van der Waals surface area contributed by atoms with Gasteiger partial charge in [-0.2, -0.15) is 0 Å². The second-order valence-corrected chi connectivity index (χ2v) is 5.51. The average Bonchev–Trinajstić information content (AvgIpc) is 2.51. The number of rotatable bonds is 0. The molecule has 1 atom stereocenters. The van der Waals surface area contributed by atoms with E-state index in [9.17, 15) is 24.3 Å². The smallest absolute Gasteiger partial charge is 0.344 e. The predicted molar refractivity (Wildman–Crippen MR) is 75.7 cm³/mol. The van der Waals surface area contributed by atoms with Crippen LogP contribution in [0.2, 0.25) is 0 Å². The summed E-state index contributed by atoms with van der Waals surface area (Å²) in [6, 6.07) is 4.43. The van der Waals surface area contributed by atoms with E-state index in [0.29, 0.717) is 0 Å². The Labute approximate surface area is 132 Å². The Balaban J connectivity index is 2.15. The molecule has 0 saturated carbocycles. The third kappa shape index (κ3) is 1.98. The quantitative estimate of drug-likeness (QED) is 0.500. The van der Waals surface area contributed by atoms with Crippen molar-refractivity contribution in [2.24, 2.45) is 0 Å². The minimum absolute atomic E-state index is 0.000000945. The Morgan fingerprint density at radius 3 is 2.42 bits per heavy atom. The third-order valence-electron chi connectivity index (χ3n) is 3.80. The van der Waals surface area contributed by atoms with Crippen LogP contribution in [0.15, 0.2) is 23.0 Å². The highest BCUT2D eigenvalue weighted by molar-refractivity contribution is 6.01. The standard InChI is InChI=1S/C15H9NO8/c17-8-4-15(21)5-9(18)23-12-11(24-14(15)20)10-6(16-13(12)19)2-1-3-7(10)22-8/h1-3,21H,4-5H2,(H,16,19). The number of fused-ring (bicyclic) bond motifs is 2. The molecule has 0 amide bonds. The molecule has 2 aromatic rings. The van der Waals surface area contributed by atoms with Crippen molar-refractivity contribution < 1.29 is 33.7 Å². The van der Waals surface area contributed by atoms with Crippen LogP contribution in [-0.4, -0.2) is 33.6 Å². The highest BCUT2D eigenvalue weighted by Gasteiger charge is 2.47. The van der Waals surface area contributed by atoms with E-state index in [2.05, 4.69) is 4.98 Å². The van der Waals surface area contributed by atoms with Crippen LogP contribution in [0.1, 0.15) is 12.8 Å². The maximum Gasteiger partial charge on any atom is 0.344 e. The molecule has 0 saturated heterocycles. The van der Waals surface area contributed by atoms with E-state index in [0.717, 1.165) is 0 Å². The van der Waals surface area contributed by atoms with Gasteiger partial charge in [0.15, 0.2) is 11.4 Å². The maximum atomic E-state index is 12.3. The van der Waals surface area contributed by atoms with Gasteiger partial charge >= 0.3 is 17.9 Å². The zero-order chi connectivity index (χ0) is 17.1. The molecule has 24 heavy (non-hydrogen) atoms. The molecule has 4 rings (SSSR count). The van der Waals surface area contributed by atoms with Crippen molar-refractivity contribution in [2.75, 3.05) is 0 Å². The van der Waals surface area contributed by atoms with E-state index in [1.807, 2.05) is 0 Å². The second kappa shape index (κ2) is 4.65. The number of hydrogen-bond acceptors (Lipinski definition) is 8. The largest absolute Gasteiger partial charge is 0.426 e. The Bertz CT molecular complexity index is 991. The van der Waals surface area contributed by atoms with Gasteiger partial charge in [0.05, 0.1) is 23.7 Å². The van der Waals surface area contributed by atoms with Gasteiger partial charge in [0.25, 0.3) is 5.56 Å². The molecule has 2 aliphatic rings. The van der Waals surface area contributed by atoms with Crippen LogP contribution in [0.25, 0.3) is 10.9 Å². The topological polar surface area (TPSA) is 132 Å². The monoisotopic (exact) mass is 331 g/mol. The number of benzene rings is 1. The molecule has 3 heterocycles. The number of ether oxygens (including phenoxy) is 3. The fraction of sp³-hybridized carbons (Fsp3) is 0.200. The summed E-state index contributed by atoms with van der Waals surface area (Å²) in [7, 11) is 0. The summed E-state index contributed by atoms with van der Waals surface area (Å²) in [4.78, 5) is 50.9. The molecule has 0 radical (unpaired) electrons. The van der Waals surface area contributed by atoms with Gasteiger partial charge in [-0.25, -0.2) is 4.79 Å². The van der Waals surface area contributed by atoms with Gasteiger partial charge < -0.3 is 24.3 Å². The molecule has 2 bridgehead atoms. The number of nitrogens with one attached hydrogen (secondary N) is 1. The SMILES string of the molecule is O=C1CC2(O)CC(=O)Oc3cccc4[nH]c(=O)c(c(c34)OC2=O)O1. The minimum atomic E-state index is -2.44. The van der Waals surface area contributed by atoms with E-state index in [1.54, 1.807) is 0 Å². The lowest BCUT2D eigenvalue weighted by Gasteiger charge is -2.25. The number of aliphatic hydroxyl groups is 1. The van der Waals surface area contributed by atoms with E-state index >= 15 is 0 Å². The molecular formula is C15H9NO8. The molecule has 1 aromatic carbocycles. The van der Waals surface area contributed by atoms with Crippen LogP contribution in [0.3, 0.4) is 0 Å². The summed E-state index contributed by atoms with van der Waals surface area (Å²) < 4.78 is 15.3. The highest BCUT2D eigenvalue weighted by Crippen LogP contribution is 2.41. The van der Waals surface area contributed by atoms with Crippen molar-refractivity contribution in [1.29, 1.82) is 0 Å². The van der Waals surface area contributed by atoms with Crippen molar-refractivity contribution >= 4 is 28.8 Å². The normalized spacial score (nSPS) is 22.8. The van der Waals surface area contributed by atoms with Crippen LogP contribution >= 0.6 is 0 Å². The van der Waals surface area contributed by atoms with Crippen LogP contribution in [0.5, 0.6) is 17.2 Å². The summed E-state index contributed by atoms with van der Waals surface area (Å²) in [6.45, 7) is 0. The van der Waals surface area contributed by atoms with Crippen molar-refractivity contribution in [3.05, 3.63) is 28.6 Å². The van der Waals surface area contributed by atoms with Crippen molar-refractivity contribution in [1.82, 2.24) is 4.98 Å². The summed E-state index contributed by atoms with van der Waals surface area (Å²) in [6.07, 6.45) is -1.65. The van der Waals surface area contributed by atoms with Gasteiger partial charge in [-0.05, 0) is 12.1 Å². The molecular weight excluding hydrogens is 322 g/mol. The zero-order valence-electron chi connectivity index (χ0n) is 12.0. The van der Waals surface area contributed by atoms with E-state index in [4.69, 9.17) is 14.2 Å². The van der Waals surface area contributed by atoms with Gasteiger partial charge in [0.1, 0.15) is 5.75 Å². The van der Waals surface area contributed by atoms with Crippen molar-refractivity contribution in [3.8, 4) is 17.2 Å². The number of aromatic amines is 1. The van der Waals surface area contributed by atoms with E-state index in [-0.39, 0.29) is 22.4 Å². The Hall–Kier alpha value is -3.20. The van der Waals surface area contributed by atoms with Crippen LogP contribution in [0.4, 0.5) is 0 Å². The summed E-state index contributed by atoms with van der Waals surface area (Å²) in [5.41, 5.74) is -3.03. The first-order valence-electron chi connectivity index (χ1n) is 6.92. The number of carbonyl (C=O) groups is 3. The minimum Gasteiger partial charge on any atom is -0.426 e. The Kier molecular flexibility index (Phi) is 2.79. The number of aromatic nitrogens is 1. The molecule has 0 spiro atoms. The summed E-state index contributed by atoms with van der Waals surface area (Å²) in [5, 5.41) is 10.5. The first kappa shape index (κ1) is 14.4. The molecule has 0 aliphatic carbocycles. The number of esters is 3. The lowest BCUT2D eigenvalue weighted by Crippen LogP contribution is -2.47. The number of hydrogen-bond donors (Lipinski definition) is 2. The molecule has 2 N–H and O–H groups in total. The third-order valence-corrected chi connectivity index (χ3v) is 3.80. The molecule has 1 unspecified atom stereocenters. The lowest BCUT2D eigenvalue weighted by molar-refractivity contribution is -0.168. The van der Waals surface area contributed by atoms with Crippen LogP contribution in [0, 0.1) is 0 Å². The van der Waals surface area contributed by atoms with Crippen LogP contribution < -0.4 is 19.8 Å². The number of carbonyl (C=O) groups excluding carboxylic acids is 3.